The van der Waals surface area contributed by atoms with Gasteiger partial charge in [0.1, 0.15) is 5.75 Å². The number of aryl methyl sites for hydroxylation is 1. The summed E-state index contributed by atoms with van der Waals surface area (Å²) >= 11 is 0. The van der Waals surface area contributed by atoms with Gasteiger partial charge in [-0.2, -0.15) is 0 Å². The van der Waals surface area contributed by atoms with E-state index in [-0.39, 0.29) is 41.6 Å². The third-order valence-electron chi connectivity index (χ3n) is 12.8. The Morgan fingerprint density at radius 1 is 0.898 bits per heavy atom. The first-order valence-electron chi connectivity index (χ1n) is 20.2. The number of aliphatic hydroxyl groups is 1. The molecule has 11 nitrogen and oxygen atoms in total. The maximum Gasteiger partial charge on any atom is 0.279 e. The van der Waals surface area contributed by atoms with E-state index in [1.54, 1.807) is 11.8 Å². The number of hydrogen-bond donors (Lipinski definition) is 2. The molecule has 1 saturated heterocycles. The fourth-order valence-corrected chi connectivity index (χ4v) is 13.8. The van der Waals surface area contributed by atoms with Crippen molar-refractivity contribution >= 4 is 35.8 Å². The predicted molar refractivity (Wildman–Crippen MR) is 231 cm³/mol. The zero-order valence-electron chi connectivity index (χ0n) is 33.7. The summed E-state index contributed by atoms with van der Waals surface area (Å²) in [5, 5.41) is 24.4. The zero-order valence-corrected chi connectivity index (χ0v) is 34.7. The van der Waals surface area contributed by atoms with Gasteiger partial charge < -0.3 is 19.5 Å². The molecular formula is C47H48N6O5Si. The lowest BCUT2D eigenvalue weighted by Crippen LogP contribution is -2.51. The van der Waals surface area contributed by atoms with E-state index in [4.69, 9.17) is 9.47 Å². The number of methoxy groups -OCH3 is 1. The van der Waals surface area contributed by atoms with Crippen molar-refractivity contribution in [2.24, 2.45) is 5.92 Å². The van der Waals surface area contributed by atoms with Crippen molar-refractivity contribution < 1.29 is 19.4 Å². The van der Waals surface area contributed by atoms with Crippen molar-refractivity contribution in [3.05, 3.63) is 166 Å². The van der Waals surface area contributed by atoms with Gasteiger partial charge in [-0.25, -0.2) is 4.68 Å². The summed E-state index contributed by atoms with van der Waals surface area (Å²) in [5.74, 6) is 0.301. The highest BCUT2D eigenvalue weighted by molar-refractivity contribution is 6.91. The molecule has 5 aromatic carbocycles. The van der Waals surface area contributed by atoms with Crippen LogP contribution in [-0.2, 0) is 28.2 Å². The smallest absolute Gasteiger partial charge is 0.279 e. The SMILES string of the molecule is COc1ccc([Si](C)(C)[C@@H]2[C@@H](CCn3cc(C(CO)c4ccccc4)nn3)O[C@]3(C(=O)N(Cc4ccc(-n5[nH]c6ccccc6c5=O)cc4)c4ccccc43)[C@H]2C)cc1. The van der Waals surface area contributed by atoms with Crippen LogP contribution in [0.3, 0.4) is 0 Å². The summed E-state index contributed by atoms with van der Waals surface area (Å²) < 4.78 is 16.3. The number of ether oxygens (including phenoxy) is 2. The van der Waals surface area contributed by atoms with Gasteiger partial charge in [-0.1, -0.05) is 115 Å². The normalized spacial score (nSPS) is 20.7. The van der Waals surface area contributed by atoms with E-state index in [2.05, 4.69) is 53.6 Å². The molecule has 9 rings (SSSR count). The Kier molecular flexibility index (Phi) is 9.94. The molecule has 4 heterocycles. The Morgan fingerprint density at radius 3 is 2.34 bits per heavy atom. The van der Waals surface area contributed by atoms with Gasteiger partial charge in [0.25, 0.3) is 11.5 Å². The number of aromatic amines is 1. The Hall–Kier alpha value is -6.08. The van der Waals surface area contributed by atoms with E-state index in [1.807, 2.05) is 125 Å². The van der Waals surface area contributed by atoms with Crippen LogP contribution >= 0.6 is 0 Å². The van der Waals surface area contributed by atoms with Crippen LogP contribution in [0.1, 0.15) is 41.6 Å². The third kappa shape index (κ3) is 6.51. The Bertz CT molecular complexity index is 2670. The molecule has 7 aromatic rings. The summed E-state index contributed by atoms with van der Waals surface area (Å²) in [6.07, 6.45) is 2.27. The topological polar surface area (TPSA) is 127 Å². The molecule has 1 unspecified atom stereocenters. The van der Waals surface area contributed by atoms with E-state index in [9.17, 15) is 9.90 Å². The number of anilines is 1. The minimum absolute atomic E-state index is 0.0549. The summed E-state index contributed by atoms with van der Waals surface area (Å²) in [4.78, 5) is 30.3. The minimum atomic E-state index is -2.37. The monoisotopic (exact) mass is 804 g/mol. The lowest BCUT2D eigenvalue weighted by molar-refractivity contribution is -0.146. The number of rotatable bonds is 12. The van der Waals surface area contributed by atoms with E-state index < -0.39 is 13.7 Å². The molecule has 0 radical (unpaired) electrons. The number of aliphatic hydroxyl groups excluding tert-OH is 1. The summed E-state index contributed by atoms with van der Waals surface area (Å²) in [6.45, 7) is 7.76. The molecule has 2 N–H and O–H groups in total. The Labute approximate surface area is 343 Å². The maximum absolute atomic E-state index is 15.3. The zero-order chi connectivity index (χ0) is 40.9. The fraction of sp³-hybridized carbons (Fsp3) is 0.277. The van der Waals surface area contributed by atoms with Crippen LogP contribution in [0.4, 0.5) is 5.69 Å². The quantitative estimate of drug-likeness (QED) is 0.129. The Balaban J connectivity index is 1.03. The number of carbonyl (C=O) groups excluding carboxylic acids is 1. The Morgan fingerprint density at radius 2 is 1.61 bits per heavy atom. The van der Waals surface area contributed by atoms with E-state index in [1.165, 1.54) is 5.19 Å². The molecule has 2 aliphatic heterocycles. The van der Waals surface area contributed by atoms with Crippen LogP contribution < -0.4 is 20.4 Å². The van der Waals surface area contributed by atoms with Crippen LogP contribution in [0, 0.1) is 5.92 Å². The molecule has 300 valence electrons. The van der Waals surface area contributed by atoms with Crippen molar-refractivity contribution in [3.63, 3.8) is 0 Å². The predicted octanol–water partition coefficient (Wildman–Crippen LogP) is 6.90. The van der Waals surface area contributed by atoms with Gasteiger partial charge in [-0.05, 0) is 65.6 Å². The number of amides is 1. The molecule has 2 aromatic heterocycles. The molecule has 0 bridgehead atoms. The van der Waals surface area contributed by atoms with Gasteiger partial charge in [0.2, 0.25) is 0 Å². The third-order valence-corrected chi connectivity index (χ3v) is 17.2. The number of carbonyl (C=O) groups is 1. The summed E-state index contributed by atoms with van der Waals surface area (Å²) in [5.41, 5.74) is 4.60. The van der Waals surface area contributed by atoms with E-state index >= 15 is 4.79 Å². The second-order valence-corrected chi connectivity index (χ2v) is 21.1. The highest BCUT2D eigenvalue weighted by Crippen LogP contribution is 2.60. The van der Waals surface area contributed by atoms with Crippen molar-refractivity contribution in [1.82, 2.24) is 24.8 Å². The number of benzene rings is 5. The number of hydrogen-bond acceptors (Lipinski definition) is 7. The fourth-order valence-electron chi connectivity index (χ4n) is 9.77. The molecular weight excluding hydrogens is 757 g/mol. The first-order chi connectivity index (χ1) is 28.6. The second kappa shape index (κ2) is 15.3. The van der Waals surface area contributed by atoms with Crippen LogP contribution in [0.5, 0.6) is 5.75 Å². The van der Waals surface area contributed by atoms with Gasteiger partial charge in [-0.15, -0.1) is 5.10 Å². The number of nitrogens with zero attached hydrogens (tertiary/aromatic N) is 5. The lowest BCUT2D eigenvalue weighted by Gasteiger charge is -2.37. The summed E-state index contributed by atoms with van der Waals surface area (Å²) in [6, 6.07) is 41.5. The molecule has 2 aliphatic rings. The van der Waals surface area contributed by atoms with Crippen molar-refractivity contribution in [3.8, 4) is 11.4 Å². The van der Waals surface area contributed by atoms with Crippen molar-refractivity contribution in [2.45, 2.75) is 62.7 Å². The lowest BCUT2D eigenvalue weighted by atomic mass is 9.82. The van der Waals surface area contributed by atoms with Crippen LogP contribution in [0.2, 0.25) is 18.6 Å². The van der Waals surface area contributed by atoms with Crippen molar-refractivity contribution in [1.29, 1.82) is 0 Å². The van der Waals surface area contributed by atoms with Crippen molar-refractivity contribution in [2.75, 3.05) is 18.6 Å². The summed E-state index contributed by atoms with van der Waals surface area (Å²) in [7, 11) is -0.689. The number of fused-ring (bicyclic) bond motifs is 3. The van der Waals surface area contributed by atoms with Gasteiger partial charge in [0.15, 0.2) is 5.60 Å². The minimum Gasteiger partial charge on any atom is -0.497 e. The van der Waals surface area contributed by atoms with E-state index in [0.717, 1.165) is 39.3 Å². The van der Waals surface area contributed by atoms with Gasteiger partial charge in [0, 0.05) is 24.2 Å². The first-order valence-corrected chi connectivity index (χ1v) is 23.3. The van der Waals surface area contributed by atoms with Gasteiger partial charge in [-0.3, -0.25) is 19.4 Å². The van der Waals surface area contributed by atoms with Crippen LogP contribution in [0.25, 0.3) is 16.6 Å². The average Bonchev–Trinajstić information content (AvgIpc) is 4.01. The number of para-hydroxylation sites is 2. The number of nitrogens with one attached hydrogen (secondary N) is 1. The standard InChI is InChI=1S/C47H48N6O5Si/c1-31-44(59(3,4)36-24-22-35(57-2)23-25-36)43(26-27-51-29-41(48-50-51)38(30-54)33-12-6-5-7-13-33)58-47(31)39-15-9-11-17-42(39)52(46(47)56)28-32-18-20-34(21-19-32)53-45(55)37-14-8-10-16-40(37)49-53/h5-25,29,31,38,43-44,49,54H,26-28,30H2,1-4H3/t31-,38?,43+,44-,47+/m0/s1. The highest BCUT2D eigenvalue weighted by Gasteiger charge is 2.66. The largest absolute Gasteiger partial charge is 0.497 e. The maximum atomic E-state index is 15.3. The molecule has 5 atom stereocenters. The molecule has 0 saturated carbocycles. The molecule has 1 spiro atoms. The second-order valence-electron chi connectivity index (χ2n) is 16.4. The van der Waals surface area contributed by atoms with Gasteiger partial charge in [0.05, 0.1) is 68.3 Å². The molecule has 1 amide bonds. The first kappa shape index (κ1) is 38.4. The average molecular weight is 805 g/mol. The number of H-pyrrole nitrogens is 1. The molecule has 0 aliphatic carbocycles. The van der Waals surface area contributed by atoms with E-state index in [0.29, 0.717) is 30.6 Å². The number of aromatic nitrogens is 5. The van der Waals surface area contributed by atoms with Crippen LogP contribution in [0.15, 0.2) is 138 Å². The van der Waals surface area contributed by atoms with Gasteiger partial charge >= 0.3 is 0 Å². The molecule has 1 fully saturated rings. The highest BCUT2D eigenvalue weighted by atomic mass is 28.3. The molecule has 59 heavy (non-hydrogen) atoms. The van der Waals surface area contributed by atoms with Crippen LogP contribution in [-0.4, -0.2) is 63.7 Å². The molecule has 12 heteroatoms.